The lowest BCUT2D eigenvalue weighted by atomic mass is 9.96. The summed E-state index contributed by atoms with van der Waals surface area (Å²) < 4.78 is 10.3. The van der Waals surface area contributed by atoms with E-state index in [0.29, 0.717) is 24.2 Å². The number of rotatable bonds is 7. The molecule has 2 aromatic heterocycles. The van der Waals surface area contributed by atoms with E-state index in [-0.39, 0.29) is 6.10 Å². The largest absolute Gasteiger partial charge is 0.472 e. The van der Waals surface area contributed by atoms with E-state index >= 15 is 0 Å². The van der Waals surface area contributed by atoms with E-state index < -0.39 is 0 Å². The lowest BCUT2D eigenvalue weighted by molar-refractivity contribution is 0.0916. The van der Waals surface area contributed by atoms with Crippen LogP contribution in [0.3, 0.4) is 0 Å². The smallest absolute Gasteiger partial charge is 0.261 e. The molecule has 0 aromatic carbocycles. The summed E-state index contributed by atoms with van der Waals surface area (Å²) in [4.78, 5) is 9.01. The highest BCUT2D eigenvalue weighted by Gasteiger charge is 2.21. The van der Waals surface area contributed by atoms with Crippen LogP contribution in [-0.2, 0) is 6.54 Å². The second-order valence-corrected chi connectivity index (χ2v) is 6.82. The van der Waals surface area contributed by atoms with Gasteiger partial charge in [-0.1, -0.05) is 5.16 Å². The fourth-order valence-electron chi connectivity index (χ4n) is 3.29. The Labute approximate surface area is 142 Å². The predicted octanol–water partition coefficient (Wildman–Crippen LogP) is 1.85. The Morgan fingerprint density at radius 2 is 2.21 bits per heavy atom. The molecule has 2 aromatic rings. The van der Waals surface area contributed by atoms with Crippen molar-refractivity contribution >= 4 is 0 Å². The molecule has 132 valence electrons. The van der Waals surface area contributed by atoms with Crippen molar-refractivity contribution < 1.29 is 14.0 Å². The fraction of sp³-hybridized carbons (Fsp3) is 0.647. The Balaban J connectivity index is 1.44. The van der Waals surface area contributed by atoms with Crippen LogP contribution in [0.5, 0.6) is 0 Å². The molecule has 1 saturated heterocycles. The molecule has 3 rings (SSSR count). The lowest BCUT2D eigenvalue weighted by Crippen LogP contribution is -2.40. The van der Waals surface area contributed by atoms with Crippen LogP contribution in [0.15, 0.2) is 27.5 Å². The third-order valence-corrected chi connectivity index (χ3v) is 4.45. The molecule has 0 spiro atoms. The summed E-state index contributed by atoms with van der Waals surface area (Å²) in [5.41, 5.74) is 0.807. The topological polar surface area (TPSA) is 78.8 Å². The zero-order valence-corrected chi connectivity index (χ0v) is 14.4. The van der Waals surface area contributed by atoms with E-state index in [1.54, 1.807) is 12.5 Å². The van der Waals surface area contributed by atoms with Gasteiger partial charge in [-0.2, -0.15) is 4.98 Å². The number of aliphatic hydroxyl groups is 1. The first-order valence-electron chi connectivity index (χ1n) is 8.54. The number of β-amino-alcohol motifs (C(OH)–C–C–N with tert-alkyl or cyclic N) is 1. The van der Waals surface area contributed by atoms with E-state index in [9.17, 15) is 5.11 Å². The van der Waals surface area contributed by atoms with Crippen LogP contribution < -0.4 is 0 Å². The molecular weight excluding hydrogens is 308 g/mol. The second kappa shape index (κ2) is 7.92. The monoisotopic (exact) mass is 334 g/mol. The van der Waals surface area contributed by atoms with Gasteiger partial charge in [0.25, 0.3) is 5.89 Å². The fourth-order valence-corrected chi connectivity index (χ4v) is 3.29. The maximum Gasteiger partial charge on any atom is 0.261 e. The standard InChI is InChI=1S/C17H26N4O3/c1-13(22)9-21-6-3-14(4-7-21)10-20(2)11-16-18-17(24-19-16)15-5-8-23-12-15/h5,8,12-14,22H,3-4,6-7,9-11H2,1-2H3. The van der Waals surface area contributed by atoms with Gasteiger partial charge in [0.2, 0.25) is 0 Å². The number of nitrogens with zero attached hydrogens (tertiary/aromatic N) is 4. The third kappa shape index (κ3) is 4.66. The zero-order chi connectivity index (χ0) is 16.9. The van der Waals surface area contributed by atoms with E-state index in [1.165, 1.54) is 12.8 Å². The van der Waals surface area contributed by atoms with Crippen molar-refractivity contribution in [2.75, 3.05) is 33.2 Å². The summed E-state index contributed by atoms with van der Waals surface area (Å²) in [5.74, 6) is 1.87. The molecular formula is C17H26N4O3. The molecule has 0 aliphatic carbocycles. The van der Waals surface area contributed by atoms with Crippen molar-refractivity contribution in [3.05, 3.63) is 24.4 Å². The maximum absolute atomic E-state index is 9.47. The van der Waals surface area contributed by atoms with Crippen molar-refractivity contribution in [1.29, 1.82) is 0 Å². The van der Waals surface area contributed by atoms with Crippen LogP contribution in [0, 0.1) is 5.92 Å². The molecule has 0 radical (unpaired) electrons. The summed E-state index contributed by atoms with van der Waals surface area (Å²) in [6.45, 7) is 6.46. The highest BCUT2D eigenvalue weighted by Crippen LogP contribution is 2.20. The molecule has 1 aliphatic heterocycles. The van der Waals surface area contributed by atoms with Crippen LogP contribution in [0.2, 0.25) is 0 Å². The molecule has 24 heavy (non-hydrogen) atoms. The lowest BCUT2D eigenvalue weighted by Gasteiger charge is -2.34. The number of aliphatic hydroxyl groups excluding tert-OH is 1. The first-order valence-corrected chi connectivity index (χ1v) is 8.54. The van der Waals surface area contributed by atoms with Gasteiger partial charge in [0.1, 0.15) is 6.26 Å². The molecule has 1 N–H and O–H groups in total. The predicted molar refractivity (Wildman–Crippen MR) is 89.2 cm³/mol. The summed E-state index contributed by atoms with van der Waals surface area (Å²) >= 11 is 0. The molecule has 0 amide bonds. The van der Waals surface area contributed by atoms with Gasteiger partial charge in [-0.3, -0.25) is 4.90 Å². The minimum atomic E-state index is -0.244. The molecule has 1 fully saturated rings. The van der Waals surface area contributed by atoms with Gasteiger partial charge >= 0.3 is 0 Å². The summed E-state index contributed by atoms with van der Waals surface area (Å²) in [5, 5.41) is 13.5. The van der Waals surface area contributed by atoms with Crippen LogP contribution in [0.1, 0.15) is 25.6 Å². The van der Waals surface area contributed by atoms with Crippen LogP contribution in [0.4, 0.5) is 0 Å². The number of furan rings is 1. The Hall–Kier alpha value is -1.70. The Bertz CT molecular complexity index is 603. The summed E-state index contributed by atoms with van der Waals surface area (Å²) in [6.07, 6.45) is 5.29. The number of aromatic nitrogens is 2. The number of likely N-dealkylation sites (tertiary alicyclic amines) is 1. The number of hydrogen-bond donors (Lipinski definition) is 1. The van der Waals surface area contributed by atoms with Gasteiger partial charge in [-0.15, -0.1) is 0 Å². The van der Waals surface area contributed by atoms with Crippen molar-refractivity contribution in [3.63, 3.8) is 0 Å². The summed E-state index contributed by atoms with van der Waals surface area (Å²) in [7, 11) is 2.09. The van der Waals surface area contributed by atoms with E-state index in [0.717, 1.165) is 31.7 Å². The van der Waals surface area contributed by atoms with Crippen molar-refractivity contribution in [2.24, 2.45) is 5.92 Å². The van der Waals surface area contributed by atoms with E-state index in [2.05, 4.69) is 27.0 Å². The second-order valence-electron chi connectivity index (χ2n) is 6.82. The quantitative estimate of drug-likeness (QED) is 0.828. The number of hydrogen-bond acceptors (Lipinski definition) is 7. The van der Waals surface area contributed by atoms with Crippen LogP contribution in [0.25, 0.3) is 11.5 Å². The zero-order valence-electron chi connectivity index (χ0n) is 14.4. The van der Waals surface area contributed by atoms with Crippen molar-refractivity contribution in [2.45, 2.75) is 32.4 Å². The molecule has 7 nitrogen and oxygen atoms in total. The van der Waals surface area contributed by atoms with Crippen molar-refractivity contribution in [3.8, 4) is 11.5 Å². The third-order valence-electron chi connectivity index (χ3n) is 4.45. The first-order chi connectivity index (χ1) is 11.6. The Morgan fingerprint density at radius 3 is 2.88 bits per heavy atom. The highest BCUT2D eigenvalue weighted by atomic mass is 16.5. The van der Waals surface area contributed by atoms with Gasteiger partial charge < -0.3 is 18.9 Å². The van der Waals surface area contributed by atoms with Gasteiger partial charge in [0.15, 0.2) is 5.82 Å². The van der Waals surface area contributed by atoms with E-state index in [1.807, 2.05) is 13.0 Å². The first kappa shape index (κ1) is 17.1. The van der Waals surface area contributed by atoms with Gasteiger partial charge in [0.05, 0.1) is 24.5 Å². The Morgan fingerprint density at radius 1 is 1.42 bits per heavy atom. The average Bonchev–Trinajstić information content (AvgIpc) is 3.19. The molecule has 7 heteroatoms. The molecule has 0 bridgehead atoms. The normalized spacial score (nSPS) is 18.3. The minimum Gasteiger partial charge on any atom is -0.472 e. The SMILES string of the molecule is CC(O)CN1CCC(CN(C)Cc2noc(-c3ccoc3)n2)CC1. The molecule has 0 saturated carbocycles. The van der Waals surface area contributed by atoms with E-state index in [4.69, 9.17) is 8.94 Å². The minimum absolute atomic E-state index is 0.244. The molecule has 1 atom stereocenters. The molecule has 1 aliphatic rings. The summed E-state index contributed by atoms with van der Waals surface area (Å²) in [6, 6.07) is 1.81. The van der Waals surface area contributed by atoms with Gasteiger partial charge in [-0.25, -0.2) is 0 Å². The average molecular weight is 334 g/mol. The van der Waals surface area contributed by atoms with Gasteiger partial charge in [-0.05, 0) is 51.9 Å². The van der Waals surface area contributed by atoms with Crippen LogP contribution >= 0.6 is 0 Å². The van der Waals surface area contributed by atoms with Crippen LogP contribution in [-0.4, -0.2) is 64.4 Å². The highest BCUT2D eigenvalue weighted by molar-refractivity contribution is 5.49. The Kier molecular flexibility index (Phi) is 5.65. The number of piperidine rings is 1. The molecule has 3 heterocycles. The maximum atomic E-state index is 9.47. The van der Waals surface area contributed by atoms with Crippen molar-refractivity contribution in [1.82, 2.24) is 19.9 Å². The van der Waals surface area contributed by atoms with Gasteiger partial charge in [0, 0.05) is 13.1 Å². The molecule has 1 unspecified atom stereocenters.